The number of rotatable bonds is 2. The van der Waals surface area contributed by atoms with Gasteiger partial charge in [0.1, 0.15) is 11.6 Å². The van der Waals surface area contributed by atoms with Gasteiger partial charge in [-0.15, -0.1) is 0 Å². The first-order valence-electron chi connectivity index (χ1n) is 5.84. The number of nitrogens with zero attached hydrogens (tertiary/aromatic N) is 2. The summed E-state index contributed by atoms with van der Waals surface area (Å²) in [4.78, 5) is 12.2. The fourth-order valence-corrected chi connectivity index (χ4v) is 2.32. The second-order valence-corrected chi connectivity index (χ2v) is 5.17. The standard InChI is InChI=1S/C14H12BrN3O/c1-8-3-6-11-14(16-8)18-13(17-11)10-5-4-9(15)7-12(10)19-2/h3-7H,1-2H3,(H,16,17,18). The molecule has 1 N–H and O–H groups in total. The predicted molar refractivity (Wildman–Crippen MR) is 78.3 cm³/mol. The summed E-state index contributed by atoms with van der Waals surface area (Å²) in [6.07, 6.45) is 0. The van der Waals surface area contributed by atoms with Gasteiger partial charge in [0.25, 0.3) is 0 Å². The molecule has 0 saturated carbocycles. The van der Waals surface area contributed by atoms with Crippen LogP contribution in [-0.4, -0.2) is 22.1 Å². The average Bonchev–Trinajstić information content (AvgIpc) is 2.81. The van der Waals surface area contributed by atoms with Crippen LogP contribution in [0, 0.1) is 6.92 Å². The third kappa shape index (κ3) is 2.21. The minimum absolute atomic E-state index is 0.722. The molecule has 2 heterocycles. The third-order valence-corrected chi connectivity index (χ3v) is 3.40. The number of fused-ring (bicyclic) bond motifs is 1. The van der Waals surface area contributed by atoms with Gasteiger partial charge in [-0.25, -0.2) is 9.97 Å². The van der Waals surface area contributed by atoms with Crippen LogP contribution in [0.1, 0.15) is 5.69 Å². The van der Waals surface area contributed by atoms with Crippen molar-refractivity contribution in [3.8, 4) is 17.1 Å². The Bertz CT molecular complexity index is 752. The Morgan fingerprint density at radius 1 is 1.16 bits per heavy atom. The third-order valence-electron chi connectivity index (χ3n) is 2.90. The number of halogens is 1. The van der Waals surface area contributed by atoms with E-state index in [0.29, 0.717) is 0 Å². The smallest absolute Gasteiger partial charge is 0.178 e. The molecule has 4 nitrogen and oxygen atoms in total. The Hall–Kier alpha value is -1.88. The summed E-state index contributed by atoms with van der Waals surface area (Å²) in [6, 6.07) is 9.79. The molecular formula is C14H12BrN3O. The molecule has 0 spiro atoms. The highest BCUT2D eigenvalue weighted by Crippen LogP contribution is 2.31. The topological polar surface area (TPSA) is 50.8 Å². The van der Waals surface area contributed by atoms with Gasteiger partial charge in [0.15, 0.2) is 5.65 Å². The Labute approximate surface area is 119 Å². The normalized spacial score (nSPS) is 10.9. The highest BCUT2D eigenvalue weighted by atomic mass is 79.9. The van der Waals surface area contributed by atoms with Gasteiger partial charge in [-0.2, -0.15) is 0 Å². The first-order valence-corrected chi connectivity index (χ1v) is 6.64. The molecule has 2 aromatic heterocycles. The molecule has 0 radical (unpaired) electrons. The van der Waals surface area contributed by atoms with Gasteiger partial charge < -0.3 is 9.72 Å². The predicted octanol–water partition coefficient (Wildman–Crippen LogP) is 3.70. The lowest BCUT2D eigenvalue weighted by Gasteiger charge is -2.06. The number of benzene rings is 1. The molecule has 5 heteroatoms. The van der Waals surface area contributed by atoms with Crippen molar-refractivity contribution in [2.45, 2.75) is 6.92 Å². The van der Waals surface area contributed by atoms with Crippen LogP contribution in [0.2, 0.25) is 0 Å². The van der Waals surface area contributed by atoms with E-state index in [9.17, 15) is 0 Å². The van der Waals surface area contributed by atoms with Gasteiger partial charge in [0, 0.05) is 10.2 Å². The van der Waals surface area contributed by atoms with Crippen LogP contribution >= 0.6 is 15.9 Å². The monoisotopic (exact) mass is 317 g/mol. The van der Waals surface area contributed by atoms with Gasteiger partial charge >= 0.3 is 0 Å². The number of nitrogens with one attached hydrogen (secondary N) is 1. The van der Waals surface area contributed by atoms with Crippen molar-refractivity contribution in [3.63, 3.8) is 0 Å². The van der Waals surface area contributed by atoms with Gasteiger partial charge in [0.2, 0.25) is 0 Å². The zero-order valence-corrected chi connectivity index (χ0v) is 12.2. The molecule has 1 aromatic carbocycles. The number of hydrogen-bond donors (Lipinski definition) is 1. The van der Waals surface area contributed by atoms with E-state index in [2.05, 4.69) is 30.9 Å². The number of methoxy groups -OCH3 is 1. The summed E-state index contributed by atoms with van der Waals surface area (Å²) in [6.45, 7) is 1.95. The van der Waals surface area contributed by atoms with Crippen molar-refractivity contribution in [2.24, 2.45) is 0 Å². The maximum absolute atomic E-state index is 5.39. The van der Waals surface area contributed by atoms with Gasteiger partial charge in [-0.05, 0) is 37.3 Å². The summed E-state index contributed by atoms with van der Waals surface area (Å²) < 4.78 is 6.36. The fraction of sp³-hybridized carbons (Fsp3) is 0.143. The van der Waals surface area contributed by atoms with Gasteiger partial charge in [0.05, 0.1) is 18.2 Å². The number of imidazole rings is 1. The van der Waals surface area contributed by atoms with E-state index in [1.165, 1.54) is 0 Å². The molecule has 0 bridgehead atoms. The Morgan fingerprint density at radius 2 is 2.00 bits per heavy atom. The van der Waals surface area contributed by atoms with E-state index < -0.39 is 0 Å². The summed E-state index contributed by atoms with van der Waals surface area (Å²) in [7, 11) is 1.65. The number of hydrogen-bond acceptors (Lipinski definition) is 3. The van der Waals surface area contributed by atoms with Crippen molar-refractivity contribution in [3.05, 3.63) is 40.5 Å². The average molecular weight is 318 g/mol. The van der Waals surface area contributed by atoms with Crippen LogP contribution in [0.25, 0.3) is 22.6 Å². The van der Waals surface area contributed by atoms with Gasteiger partial charge in [-0.1, -0.05) is 15.9 Å². The van der Waals surface area contributed by atoms with E-state index >= 15 is 0 Å². The summed E-state index contributed by atoms with van der Waals surface area (Å²) >= 11 is 3.43. The molecule has 3 rings (SSSR count). The molecule has 0 fully saturated rings. The minimum Gasteiger partial charge on any atom is -0.496 e. The highest BCUT2D eigenvalue weighted by Gasteiger charge is 2.11. The van der Waals surface area contributed by atoms with Crippen LogP contribution in [0.15, 0.2) is 34.8 Å². The molecule has 0 amide bonds. The molecule has 19 heavy (non-hydrogen) atoms. The van der Waals surface area contributed by atoms with E-state index in [1.54, 1.807) is 7.11 Å². The fourth-order valence-electron chi connectivity index (χ4n) is 1.98. The van der Waals surface area contributed by atoms with Gasteiger partial charge in [-0.3, -0.25) is 0 Å². The summed E-state index contributed by atoms with van der Waals surface area (Å²) in [5, 5.41) is 0. The highest BCUT2D eigenvalue weighted by molar-refractivity contribution is 9.10. The van der Waals surface area contributed by atoms with Crippen molar-refractivity contribution in [1.82, 2.24) is 15.0 Å². The minimum atomic E-state index is 0.722. The van der Waals surface area contributed by atoms with Crippen LogP contribution in [0.5, 0.6) is 5.75 Å². The zero-order chi connectivity index (χ0) is 13.4. The molecule has 0 aliphatic carbocycles. The van der Waals surface area contributed by atoms with Crippen LogP contribution in [0.3, 0.4) is 0 Å². The molecule has 0 atom stereocenters. The molecule has 0 aliphatic rings. The Balaban J connectivity index is 2.18. The molecule has 96 valence electrons. The van der Waals surface area contributed by atoms with Crippen LogP contribution in [-0.2, 0) is 0 Å². The second kappa shape index (κ2) is 4.66. The van der Waals surface area contributed by atoms with Crippen molar-refractivity contribution in [2.75, 3.05) is 7.11 Å². The van der Waals surface area contributed by atoms with E-state index in [0.717, 1.165) is 38.5 Å². The molecule has 0 unspecified atom stereocenters. The molecule has 0 aliphatic heterocycles. The molecule has 3 aromatic rings. The first-order chi connectivity index (χ1) is 9.17. The number of aromatic amines is 1. The van der Waals surface area contributed by atoms with E-state index in [-0.39, 0.29) is 0 Å². The second-order valence-electron chi connectivity index (χ2n) is 4.25. The summed E-state index contributed by atoms with van der Waals surface area (Å²) in [5.41, 5.74) is 3.51. The number of H-pyrrole nitrogens is 1. The molecule has 0 saturated heterocycles. The van der Waals surface area contributed by atoms with Crippen molar-refractivity contribution >= 4 is 27.1 Å². The lowest BCUT2D eigenvalue weighted by Crippen LogP contribution is -1.89. The van der Waals surface area contributed by atoms with Crippen LogP contribution in [0.4, 0.5) is 0 Å². The zero-order valence-electron chi connectivity index (χ0n) is 10.6. The largest absolute Gasteiger partial charge is 0.496 e. The number of pyridine rings is 1. The number of aromatic nitrogens is 3. The number of aryl methyl sites for hydroxylation is 1. The maximum atomic E-state index is 5.39. The lowest BCUT2D eigenvalue weighted by molar-refractivity contribution is 0.416. The first kappa shape index (κ1) is 12.2. The SMILES string of the molecule is COc1cc(Br)ccc1-c1nc2nc(C)ccc2[nH]1. The number of ether oxygens (including phenoxy) is 1. The Morgan fingerprint density at radius 3 is 2.79 bits per heavy atom. The van der Waals surface area contributed by atoms with Crippen molar-refractivity contribution in [1.29, 1.82) is 0 Å². The van der Waals surface area contributed by atoms with E-state index in [4.69, 9.17) is 4.74 Å². The maximum Gasteiger partial charge on any atom is 0.178 e. The quantitative estimate of drug-likeness (QED) is 0.784. The summed E-state index contributed by atoms with van der Waals surface area (Å²) in [5.74, 6) is 1.53. The molecular weight excluding hydrogens is 306 g/mol. The van der Waals surface area contributed by atoms with Crippen LogP contribution < -0.4 is 4.74 Å². The Kier molecular flexibility index (Phi) is 2.98. The van der Waals surface area contributed by atoms with Crippen molar-refractivity contribution < 1.29 is 4.74 Å². The lowest BCUT2D eigenvalue weighted by atomic mass is 10.2. The van der Waals surface area contributed by atoms with E-state index in [1.807, 2.05) is 37.3 Å².